The van der Waals surface area contributed by atoms with Crippen LogP contribution in [-0.4, -0.2) is 28.2 Å². The highest BCUT2D eigenvalue weighted by Gasteiger charge is 2.62. The lowest BCUT2D eigenvalue weighted by Gasteiger charge is -2.60. The van der Waals surface area contributed by atoms with Gasteiger partial charge in [-0.3, -0.25) is 4.79 Å². The summed E-state index contributed by atoms with van der Waals surface area (Å²) >= 11 is 0. The number of allylic oxidation sites excluding steroid dienone is 1. The molecule has 0 saturated heterocycles. The second kappa shape index (κ2) is 4.92. The van der Waals surface area contributed by atoms with E-state index in [9.17, 15) is 15.0 Å². The molecule has 0 heterocycles. The van der Waals surface area contributed by atoms with E-state index < -0.39 is 0 Å². The first kappa shape index (κ1) is 15.8. The highest BCUT2D eigenvalue weighted by atomic mass is 16.3. The third-order valence-corrected chi connectivity index (χ3v) is 8.16. The van der Waals surface area contributed by atoms with Gasteiger partial charge >= 0.3 is 0 Å². The normalized spacial score (nSPS) is 55.7. The molecule has 128 valence electrons. The van der Waals surface area contributed by atoms with Crippen LogP contribution in [0.2, 0.25) is 0 Å². The first-order chi connectivity index (χ1) is 10.8. The van der Waals surface area contributed by atoms with E-state index >= 15 is 0 Å². The molecule has 0 aromatic carbocycles. The smallest absolute Gasteiger partial charge is 0.155 e. The van der Waals surface area contributed by atoms with Crippen molar-refractivity contribution in [2.75, 3.05) is 0 Å². The molecule has 23 heavy (non-hydrogen) atoms. The second-order valence-electron chi connectivity index (χ2n) is 9.29. The predicted molar refractivity (Wildman–Crippen MR) is 88.7 cm³/mol. The highest BCUT2D eigenvalue weighted by Crippen LogP contribution is 2.66. The average molecular weight is 318 g/mol. The van der Waals surface area contributed by atoms with Crippen LogP contribution in [0.5, 0.6) is 0 Å². The molecule has 3 nitrogen and oxygen atoms in total. The summed E-state index contributed by atoms with van der Waals surface area (Å²) in [5.74, 6) is 1.92. The van der Waals surface area contributed by atoms with Crippen molar-refractivity contribution in [1.29, 1.82) is 0 Å². The molecule has 2 N–H and O–H groups in total. The zero-order chi connectivity index (χ0) is 16.6. The van der Waals surface area contributed by atoms with Crippen molar-refractivity contribution in [2.24, 2.45) is 34.5 Å². The SMILES string of the molecule is C[C@@H]1C[C@@H]2[C@H]([C@@H](O)C[C@]3(C)[C@@H](O)CC[C@@H]23)[C@@]2(C)CCC(=O)C=C12. The van der Waals surface area contributed by atoms with Crippen molar-refractivity contribution in [3.05, 3.63) is 11.6 Å². The summed E-state index contributed by atoms with van der Waals surface area (Å²) in [5.41, 5.74) is 1.13. The molecule has 0 aromatic rings. The Balaban J connectivity index is 1.78. The predicted octanol–water partition coefficient (Wildman–Crippen LogP) is 3.10. The largest absolute Gasteiger partial charge is 0.393 e. The molecule has 4 aliphatic carbocycles. The molecule has 0 unspecified atom stereocenters. The second-order valence-corrected chi connectivity index (χ2v) is 9.29. The number of ketones is 1. The van der Waals surface area contributed by atoms with E-state index in [1.807, 2.05) is 6.08 Å². The van der Waals surface area contributed by atoms with Gasteiger partial charge in [-0.2, -0.15) is 0 Å². The van der Waals surface area contributed by atoms with Gasteiger partial charge in [0.15, 0.2) is 5.78 Å². The van der Waals surface area contributed by atoms with Crippen molar-refractivity contribution in [3.8, 4) is 0 Å². The maximum atomic E-state index is 12.0. The highest BCUT2D eigenvalue weighted by molar-refractivity contribution is 5.91. The van der Waals surface area contributed by atoms with Crippen LogP contribution in [0.15, 0.2) is 11.6 Å². The fourth-order valence-corrected chi connectivity index (χ4v) is 7.09. The first-order valence-corrected chi connectivity index (χ1v) is 9.38. The number of aliphatic hydroxyl groups is 2. The van der Waals surface area contributed by atoms with Crippen LogP contribution >= 0.6 is 0 Å². The summed E-state index contributed by atoms with van der Waals surface area (Å²) in [5, 5.41) is 21.6. The van der Waals surface area contributed by atoms with Crippen molar-refractivity contribution in [1.82, 2.24) is 0 Å². The minimum Gasteiger partial charge on any atom is -0.393 e. The minimum atomic E-state index is -0.358. The van der Waals surface area contributed by atoms with Crippen LogP contribution in [0.1, 0.15) is 59.3 Å². The third kappa shape index (κ3) is 1.99. The Morgan fingerprint density at radius 1 is 1.22 bits per heavy atom. The zero-order valence-electron chi connectivity index (χ0n) is 14.6. The van der Waals surface area contributed by atoms with Gasteiger partial charge in [0.25, 0.3) is 0 Å². The Labute approximate surface area is 139 Å². The molecule has 0 aromatic heterocycles. The number of carbonyl (C=O) groups excluding carboxylic acids is 1. The molecule has 8 atom stereocenters. The van der Waals surface area contributed by atoms with Crippen molar-refractivity contribution < 1.29 is 15.0 Å². The van der Waals surface area contributed by atoms with Crippen LogP contribution in [0.3, 0.4) is 0 Å². The standard InChI is InChI=1S/C20H30O3/c1-11-8-13-14-4-5-17(23)20(14,3)10-16(22)18(13)19(2)7-6-12(21)9-15(11)19/h9,11,13-14,16-18,22-23H,4-8,10H2,1-3H3/t11-,13+,14+,16+,17+,18-,19+,20+/m1/s1. The molecular formula is C20H30O3. The van der Waals surface area contributed by atoms with Gasteiger partial charge in [0.2, 0.25) is 0 Å². The summed E-state index contributed by atoms with van der Waals surface area (Å²) in [6, 6.07) is 0. The molecule has 4 aliphatic rings. The molecule has 3 heteroatoms. The Bertz CT molecular complexity index is 567. The van der Waals surface area contributed by atoms with Crippen LogP contribution in [-0.2, 0) is 4.79 Å². The maximum Gasteiger partial charge on any atom is 0.155 e. The van der Waals surface area contributed by atoms with E-state index in [1.54, 1.807) is 0 Å². The van der Waals surface area contributed by atoms with E-state index in [-0.39, 0.29) is 34.7 Å². The molecular weight excluding hydrogens is 288 g/mol. The molecule has 3 fully saturated rings. The zero-order valence-corrected chi connectivity index (χ0v) is 14.6. The van der Waals surface area contributed by atoms with Crippen molar-refractivity contribution in [3.63, 3.8) is 0 Å². The lowest BCUT2D eigenvalue weighted by molar-refractivity contribution is -0.147. The molecule has 0 aliphatic heterocycles. The Kier molecular flexibility index (Phi) is 3.39. The maximum absolute atomic E-state index is 12.0. The number of carbonyl (C=O) groups is 1. The van der Waals surface area contributed by atoms with E-state index in [0.29, 0.717) is 30.6 Å². The molecule has 3 saturated carbocycles. The molecule has 4 rings (SSSR count). The van der Waals surface area contributed by atoms with Crippen molar-refractivity contribution >= 4 is 5.78 Å². The van der Waals surface area contributed by atoms with Gasteiger partial charge in [-0.05, 0) is 72.7 Å². The first-order valence-electron chi connectivity index (χ1n) is 9.38. The van der Waals surface area contributed by atoms with E-state index in [4.69, 9.17) is 0 Å². The topological polar surface area (TPSA) is 57.5 Å². The molecule has 0 radical (unpaired) electrons. The van der Waals surface area contributed by atoms with Gasteiger partial charge in [-0.1, -0.05) is 26.3 Å². The Hall–Kier alpha value is -0.670. The van der Waals surface area contributed by atoms with Gasteiger partial charge in [0, 0.05) is 6.42 Å². The quantitative estimate of drug-likeness (QED) is 0.721. The Morgan fingerprint density at radius 3 is 2.70 bits per heavy atom. The lowest BCUT2D eigenvalue weighted by atomic mass is 9.45. The van der Waals surface area contributed by atoms with Crippen LogP contribution in [0.4, 0.5) is 0 Å². The molecule has 0 spiro atoms. The van der Waals surface area contributed by atoms with Gasteiger partial charge in [0.05, 0.1) is 12.2 Å². The number of hydrogen-bond donors (Lipinski definition) is 2. The fourth-order valence-electron chi connectivity index (χ4n) is 7.09. The van der Waals surface area contributed by atoms with E-state index in [2.05, 4.69) is 20.8 Å². The Morgan fingerprint density at radius 2 is 1.96 bits per heavy atom. The fraction of sp³-hybridized carbons (Fsp3) is 0.850. The monoisotopic (exact) mass is 318 g/mol. The van der Waals surface area contributed by atoms with Crippen LogP contribution in [0.25, 0.3) is 0 Å². The van der Waals surface area contributed by atoms with E-state index in [0.717, 1.165) is 25.7 Å². The van der Waals surface area contributed by atoms with Gasteiger partial charge < -0.3 is 10.2 Å². The minimum absolute atomic E-state index is 0.0372. The summed E-state index contributed by atoms with van der Waals surface area (Å²) in [7, 11) is 0. The summed E-state index contributed by atoms with van der Waals surface area (Å²) in [6.45, 7) is 6.73. The average Bonchev–Trinajstić information content (AvgIpc) is 2.76. The number of fused-ring (bicyclic) bond motifs is 5. The number of rotatable bonds is 0. The number of hydrogen-bond acceptors (Lipinski definition) is 3. The van der Waals surface area contributed by atoms with Crippen LogP contribution in [0, 0.1) is 34.5 Å². The van der Waals surface area contributed by atoms with Gasteiger partial charge in [-0.15, -0.1) is 0 Å². The van der Waals surface area contributed by atoms with E-state index in [1.165, 1.54) is 5.57 Å². The summed E-state index contributed by atoms with van der Waals surface area (Å²) in [4.78, 5) is 12.0. The van der Waals surface area contributed by atoms with Gasteiger partial charge in [0.1, 0.15) is 0 Å². The summed E-state index contributed by atoms with van der Waals surface area (Å²) < 4.78 is 0. The molecule has 0 bridgehead atoms. The van der Waals surface area contributed by atoms with Crippen molar-refractivity contribution in [2.45, 2.75) is 71.5 Å². The van der Waals surface area contributed by atoms with Crippen LogP contribution < -0.4 is 0 Å². The summed E-state index contributed by atoms with van der Waals surface area (Å²) in [6.07, 6.45) is 6.51. The lowest BCUT2D eigenvalue weighted by Crippen LogP contribution is -2.58. The third-order valence-electron chi connectivity index (χ3n) is 8.16. The molecule has 0 amide bonds. The number of aliphatic hydroxyl groups excluding tert-OH is 2. The van der Waals surface area contributed by atoms with Gasteiger partial charge in [-0.25, -0.2) is 0 Å².